The van der Waals surface area contributed by atoms with Gasteiger partial charge in [-0.05, 0) is 12.1 Å². The van der Waals surface area contributed by atoms with E-state index in [0.717, 1.165) is 25.2 Å². The van der Waals surface area contributed by atoms with Gasteiger partial charge in [0.05, 0.1) is 5.75 Å². The van der Waals surface area contributed by atoms with Crippen LogP contribution in [0, 0.1) is 11.6 Å². The largest absolute Gasteiger partial charge is 0.451 e. The van der Waals surface area contributed by atoms with Crippen molar-refractivity contribution in [3.8, 4) is 0 Å². The first kappa shape index (κ1) is 17.2. The van der Waals surface area contributed by atoms with Gasteiger partial charge in [0, 0.05) is 7.05 Å². The molecule has 0 aliphatic heterocycles. The van der Waals surface area contributed by atoms with Crippen LogP contribution in [0.25, 0.3) is 0 Å². The Morgan fingerprint density at radius 3 is 2.39 bits per heavy atom. The van der Waals surface area contributed by atoms with Crippen LogP contribution in [0.2, 0.25) is 0 Å². The lowest BCUT2D eigenvalue weighted by Crippen LogP contribution is -2.17. The summed E-state index contributed by atoms with van der Waals surface area (Å²) in [6.07, 6.45) is -4.67. The zero-order chi connectivity index (χ0) is 17.2. The van der Waals surface area contributed by atoms with Gasteiger partial charge in [-0.2, -0.15) is 13.2 Å². The number of nitrogens with zero attached hydrogens (tertiary/aromatic N) is 3. The highest BCUT2D eigenvalue weighted by atomic mass is 32.2. The molecule has 1 heterocycles. The van der Waals surface area contributed by atoms with Crippen molar-refractivity contribution >= 4 is 23.4 Å². The SMILES string of the molecule is Cn1c(SCC(=O)Nc2c(F)cccc2F)nnc1C(F)(F)F. The van der Waals surface area contributed by atoms with Gasteiger partial charge in [-0.25, -0.2) is 8.78 Å². The fourth-order valence-electron chi connectivity index (χ4n) is 1.61. The van der Waals surface area contributed by atoms with Gasteiger partial charge in [0.25, 0.3) is 0 Å². The van der Waals surface area contributed by atoms with Crippen molar-refractivity contribution in [2.24, 2.45) is 7.05 Å². The summed E-state index contributed by atoms with van der Waals surface area (Å²) in [6.45, 7) is 0. The van der Waals surface area contributed by atoms with E-state index in [9.17, 15) is 26.7 Å². The summed E-state index contributed by atoms with van der Waals surface area (Å²) in [7, 11) is 1.10. The third-order valence-corrected chi connectivity index (χ3v) is 3.67. The number of para-hydroxylation sites is 1. The zero-order valence-corrected chi connectivity index (χ0v) is 12.3. The lowest BCUT2D eigenvalue weighted by atomic mass is 10.3. The molecule has 124 valence electrons. The highest BCUT2D eigenvalue weighted by Gasteiger charge is 2.37. The van der Waals surface area contributed by atoms with Crippen LogP contribution in [0.3, 0.4) is 0 Å². The molecule has 11 heteroatoms. The summed E-state index contributed by atoms with van der Waals surface area (Å²) >= 11 is 0.655. The molecule has 0 atom stereocenters. The van der Waals surface area contributed by atoms with Crippen LogP contribution in [0.5, 0.6) is 0 Å². The Morgan fingerprint density at radius 1 is 1.26 bits per heavy atom. The number of amides is 1. The van der Waals surface area contributed by atoms with Crippen molar-refractivity contribution in [3.05, 3.63) is 35.7 Å². The molecule has 0 aliphatic rings. The first-order valence-corrected chi connectivity index (χ1v) is 7.02. The van der Waals surface area contributed by atoms with E-state index in [0.29, 0.717) is 16.3 Å². The molecule has 1 aromatic carbocycles. The molecule has 0 spiro atoms. The van der Waals surface area contributed by atoms with Gasteiger partial charge in [0.2, 0.25) is 11.7 Å². The minimum Gasteiger partial charge on any atom is -0.320 e. The molecule has 0 saturated heterocycles. The summed E-state index contributed by atoms with van der Waals surface area (Å²) in [5.74, 6) is -4.31. The fraction of sp³-hybridized carbons (Fsp3) is 0.250. The van der Waals surface area contributed by atoms with Crippen LogP contribution in [-0.2, 0) is 18.0 Å². The van der Waals surface area contributed by atoms with E-state index in [-0.39, 0.29) is 5.16 Å². The van der Waals surface area contributed by atoms with Gasteiger partial charge in [-0.15, -0.1) is 10.2 Å². The molecule has 0 bridgehead atoms. The molecule has 0 saturated carbocycles. The van der Waals surface area contributed by atoms with E-state index in [4.69, 9.17) is 0 Å². The van der Waals surface area contributed by atoms with E-state index in [1.165, 1.54) is 0 Å². The molecule has 2 aromatic rings. The number of halogens is 5. The zero-order valence-electron chi connectivity index (χ0n) is 11.5. The van der Waals surface area contributed by atoms with E-state index >= 15 is 0 Å². The maximum Gasteiger partial charge on any atom is 0.451 e. The summed E-state index contributed by atoms with van der Waals surface area (Å²) in [6, 6.07) is 3.06. The molecular formula is C12H9F5N4OS. The number of aromatic nitrogens is 3. The number of nitrogens with one attached hydrogen (secondary N) is 1. The lowest BCUT2D eigenvalue weighted by Gasteiger charge is -2.08. The first-order valence-electron chi connectivity index (χ1n) is 6.03. The van der Waals surface area contributed by atoms with Crippen molar-refractivity contribution in [1.29, 1.82) is 0 Å². The molecule has 0 fully saturated rings. The van der Waals surface area contributed by atoms with Crippen molar-refractivity contribution < 1.29 is 26.7 Å². The predicted octanol–water partition coefficient (Wildman–Crippen LogP) is 2.84. The highest BCUT2D eigenvalue weighted by molar-refractivity contribution is 7.99. The number of anilines is 1. The van der Waals surface area contributed by atoms with Crippen LogP contribution in [0.1, 0.15) is 5.82 Å². The van der Waals surface area contributed by atoms with Crippen LogP contribution in [0.15, 0.2) is 23.4 Å². The Balaban J connectivity index is 2.02. The van der Waals surface area contributed by atoms with Gasteiger partial charge < -0.3 is 9.88 Å². The van der Waals surface area contributed by atoms with Crippen LogP contribution < -0.4 is 5.32 Å². The van der Waals surface area contributed by atoms with Crippen LogP contribution in [-0.4, -0.2) is 26.4 Å². The second-order valence-electron chi connectivity index (χ2n) is 4.30. The number of hydrogen-bond donors (Lipinski definition) is 1. The number of hydrogen-bond acceptors (Lipinski definition) is 4. The molecule has 0 radical (unpaired) electrons. The second kappa shape index (κ2) is 6.52. The third-order valence-electron chi connectivity index (χ3n) is 2.65. The standard InChI is InChI=1S/C12H9F5N4OS/c1-21-10(12(15,16)17)19-20-11(21)23-5-8(22)18-9-6(13)3-2-4-7(9)14/h2-4H,5H2,1H3,(H,18,22). The highest BCUT2D eigenvalue weighted by Crippen LogP contribution is 2.29. The quantitative estimate of drug-likeness (QED) is 0.679. The molecule has 0 aliphatic carbocycles. The summed E-state index contributed by atoms with van der Waals surface area (Å²) < 4.78 is 65.0. The van der Waals surface area contributed by atoms with Gasteiger partial charge in [-0.3, -0.25) is 4.79 Å². The van der Waals surface area contributed by atoms with Crippen molar-refractivity contribution in [3.63, 3.8) is 0 Å². The molecular weight excluding hydrogens is 343 g/mol. The topological polar surface area (TPSA) is 59.8 Å². The molecule has 5 nitrogen and oxygen atoms in total. The van der Waals surface area contributed by atoms with Crippen molar-refractivity contribution in [2.75, 3.05) is 11.1 Å². The first-order chi connectivity index (χ1) is 10.7. The van der Waals surface area contributed by atoms with Crippen LogP contribution in [0.4, 0.5) is 27.6 Å². The molecule has 1 amide bonds. The summed E-state index contributed by atoms with van der Waals surface area (Å²) in [5, 5.41) is 8.18. The number of alkyl halides is 3. The van der Waals surface area contributed by atoms with Gasteiger partial charge in [-0.1, -0.05) is 17.8 Å². The monoisotopic (exact) mass is 352 g/mol. The summed E-state index contributed by atoms with van der Waals surface area (Å²) in [5.41, 5.74) is -0.618. The normalized spacial score (nSPS) is 11.6. The Kier molecular flexibility index (Phi) is 4.88. The van der Waals surface area contributed by atoms with Crippen molar-refractivity contribution in [2.45, 2.75) is 11.3 Å². The van der Waals surface area contributed by atoms with Gasteiger partial charge >= 0.3 is 6.18 Å². The smallest absolute Gasteiger partial charge is 0.320 e. The molecule has 1 N–H and O–H groups in total. The average molecular weight is 352 g/mol. The molecule has 2 rings (SSSR count). The van der Waals surface area contributed by atoms with E-state index in [2.05, 4.69) is 10.2 Å². The minimum absolute atomic E-state index is 0.151. The Hall–Kier alpha value is -2.17. The number of carbonyl (C=O) groups excluding carboxylic acids is 1. The van der Waals surface area contributed by atoms with Gasteiger partial charge in [0.1, 0.15) is 17.3 Å². The third kappa shape index (κ3) is 3.97. The number of carbonyl (C=O) groups is 1. The lowest BCUT2D eigenvalue weighted by molar-refractivity contribution is -0.147. The number of rotatable bonds is 4. The number of benzene rings is 1. The van der Waals surface area contributed by atoms with Crippen LogP contribution >= 0.6 is 11.8 Å². The molecule has 0 unspecified atom stereocenters. The predicted molar refractivity (Wildman–Crippen MR) is 71.7 cm³/mol. The maximum absolute atomic E-state index is 13.4. The maximum atomic E-state index is 13.4. The fourth-order valence-corrected chi connectivity index (χ4v) is 2.32. The average Bonchev–Trinajstić information content (AvgIpc) is 2.82. The summed E-state index contributed by atoms with van der Waals surface area (Å²) in [4.78, 5) is 11.7. The van der Waals surface area contributed by atoms with E-state index in [1.54, 1.807) is 0 Å². The Morgan fingerprint density at radius 2 is 1.87 bits per heavy atom. The number of thioether (sulfide) groups is 1. The Bertz CT molecular complexity index is 710. The van der Waals surface area contributed by atoms with E-state index in [1.807, 2.05) is 5.32 Å². The van der Waals surface area contributed by atoms with E-state index < -0.39 is 41.0 Å². The minimum atomic E-state index is -4.67. The molecule has 1 aromatic heterocycles. The van der Waals surface area contributed by atoms with Crippen molar-refractivity contribution in [1.82, 2.24) is 14.8 Å². The molecule has 23 heavy (non-hydrogen) atoms. The second-order valence-corrected chi connectivity index (χ2v) is 5.24. The Labute approximate surface area is 130 Å². The van der Waals surface area contributed by atoms with Gasteiger partial charge in [0.15, 0.2) is 5.16 Å².